The van der Waals surface area contributed by atoms with Crippen LogP contribution < -0.4 is 0 Å². The number of hydrogen-bond acceptors (Lipinski definition) is 3. The van der Waals surface area contributed by atoms with E-state index in [0.717, 1.165) is 35.4 Å². The highest BCUT2D eigenvalue weighted by molar-refractivity contribution is 5.73. The average molecular weight is 467 g/mol. The van der Waals surface area contributed by atoms with Gasteiger partial charge in [0.1, 0.15) is 5.75 Å². The quantitative estimate of drug-likeness (QED) is 0.283. The zero-order valence-corrected chi connectivity index (χ0v) is 22.8. The Hall–Kier alpha value is -2.29. The summed E-state index contributed by atoms with van der Waals surface area (Å²) in [5, 5.41) is 10.3. The largest absolute Gasteiger partial charge is 0.508 e. The smallest absolute Gasteiger partial charge is 0.306 e. The number of aromatic hydroxyl groups is 1. The van der Waals surface area contributed by atoms with Crippen LogP contribution in [-0.2, 0) is 26.8 Å². The zero-order valence-electron chi connectivity index (χ0n) is 22.8. The van der Waals surface area contributed by atoms with Crippen LogP contribution in [0.5, 0.6) is 5.75 Å². The first-order valence-electron chi connectivity index (χ1n) is 12.9. The molecule has 0 spiro atoms. The van der Waals surface area contributed by atoms with E-state index in [1.807, 2.05) is 12.1 Å². The maximum absolute atomic E-state index is 12.4. The summed E-state index contributed by atoms with van der Waals surface area (Å²) in [5.74, 6) is 0.813. The summed E-state index contributed by atoms with van der Waals surface area (Å²) >= 11 is 0. The van der Waals surface area contributed by atoms with Crippen molar-refractivity contribution in [3.05, 3.63) is 53.1 Å². The number of benzene rings is 2. The fourth-order valence-corrected chi connectivity index (χ4v) is 4.03. The van der Waals surface area contributed by atoms with Crippen LogP contribution in [-0.4, -0.2) is 17.7 Å². The molecular formula is C31H46O3. The fraction of sp³-hybridized carbons (Fsp3) is 0.581. The second-order valence-electron chi connectivity index (χ2n) is 12.1. The van der Waals surface area contributed by atoms with Crippen LogP contribution >= 0.6 is 0 Å². The lowest BCUT2D eigenvalue weighted by Crippen LogP contribution is -2.16. The normalized spacial score (nSPS) is 12.3. The molecule has 0 atom stereocenters. The number of phenols is 1. The molecule has 3 heteroatoms. The first kappa shape index (κ1) is 28.0. The third-order valence-electron chi connectivity index (χ3n) is 6.36. The fourth-order valence-electron chi connectivity index (χ4n) is 4.03. The lowest BCUT2D eigenvalue weighted by atomic mass is 9.78. The molecule has 0 amide bonds. The predicted octanol–water partition coefficient (Wildman–Crippen LogP) is 8.35. The number of rotatable bonds is 10. The highest BCUT2D eigenvalue weighted by Gasteiger charge is 2.22. The van der Waals surface area contributed by atoms with Crippen LogP contribution in [0.3, 0.4) is 0 Å². The van der Waals surface area contributed by atoms with Crippen molar-refractivity contribution >= 4 is 5.97 Å². The Morgan fingerprint density at radius 1 is 0.882 bits per heavy atom. The monoisotopic (exact) mass is 466 g/mol. The minimum Gasteiger partial charge on any atom is -0.508 e. The van der Waals surface area contributed by atoms with Crippen molar-refractivity contribution in [3.63, 3.8) is 0 Å². The van der Waals surface area contributed by atoms with Crippen molar-refractivity contribution in [2.45, 2.75) is 105 Å². The Morgan fingerprint density at radius 3 is 2.06 bits per heavy atom. The molecule has 0 aliphatic heterocycles. The van der Waals surface area contributed by atoms with Crippen molar-refractivity contribution < 1.29 is 14.6 Å². The van der Waals surface area contributed by atoms with Crippen molar-refractivity contribution in [1.29, 1.82) is 0 Å². The average Bonchev–Trinajstić information content (AvgIpc) is 2.73. The van der Waals surface area contributed by atoms with Gasteiger partial charge in [-0.3, -0.25) is 4.79 Å². The SMILES string of the molecule is CC(C)CCCCCOC(=O)CCc1ccc(O)cc1-c1cc(C(C)(C)C)cc(C(C)(C)C)c1. The molecule has 2 aromatic carbocycles. The van der Waals surface area contributed by atoms with Crippen LogP contribution in [0.15, 0.2) is 36.4 Å². The van der Waals surface area contributed by atoms with Gasteiger partial charge in [0, 0.05) is 6.42 Å². The number of aryl methyl sites for hydroxylation is 1. The molecule has 0 unspecified atom stereocenters. The van der Waals surface area contributed by atoms with Gasteiger partial charge in [0.05, 0.1) is 6.61 Å². The van der Waals surface area contributed by atoms with Crippen LogP contribution in [0, 0.1) is 5.92 Å². The molecule has 0 bridgehead atoms. The van der Waals surface area contributed by atoms with Crippen molar-refractivity contribution in [2.24, 2.45) is 5.92 Å². The number of phenolic OH excluding ortho intramolecular Hbond substituents is 1. The molecule has 0 saturated heterocycles. The number of ether oxygens (including phenoxy) is 1. The summed E-state index contributed by atoms with van der Waals surface area (Å²) in [6.45, 7) is 18.3. The second-order valence-corrected chi connectivity index (χ2v) is 12.1. The van der Waals surface area contributed by atoms with E-state index in [4.69, 9.17) is 4.74 Å². The first-order chi connectivity index (χ1) is 15.8. The van der Waals surface area contributed by atoms with Gasteiger partial charge in [-0.05, 0) is 69.5 Å². The number of carbonyl (C=O) groups excluding carboxylic acids is 1. The van der Waals surface area contributed by atoms with Gasteiger partial charge in [0.25, 0.3) is 0 Å². The van der Waals surface area contributed by atoms with Gasteiger partial charge in [-0.25, -0.2) is 0 Å². The van der Waals surface area contributed by atoms with Crippen LogP contribution in [0.2, 0.25) is 0 Å². The molecule has 0 aromatic heterocycles. The third kappa shape index (κ3) is 8.81. The van der Waals surface area contributed by atoms with Crippen LogP contribution in [0.4, 0.5) is 0 Å². The van der Waals surface area contributed by atoms with E-state index >= 15 is 0 Å². The maximum Gasteiger partial charge on any atom is 0.306 e. The van der Waals surface area contributed by atoms with E-state index in [-0.39, 0.29) is 22.5 Å². The van der Waals surface area contributed by atoms with Gasteiger partial charge >= 0.3 is 5.97 Å². The lowest BCUT2D eigenvalue weighted by molar-refractivity contribution is -0.143. The summed E-state index contributed by atoms with van der Waals surface area (Å²) in [4.78, 5) is 12.4. The van der Waals surface area contributed by atoms with E-state index in [9.17, 15) is 9.90 Å². The first-order valence-corrected chi connectivity index (χ1v) is 12.9. The topological polar surface area (TPSA) is 46.5 Å². The Balaban J connectivity index is 2.17. The highest BCUT2D eigenvalue weighted by Crippen LogP contribution is 2.36. The minimum absolute atomic E-state index is 0.00593. The Kier molecular flexibility index (Phi) is 9.79. The van der Waals surface area contributed by atoms with Crippen molar-refractivity contribution in [2.75, 3.05) is 6.61 Å². The van der Waals surface area contributed by atoms with Gasteiger partial charge in [-0.15, -0.1) is 0 Å². The standard InChI is InChI=1S/C31H46O3/c1-22(2)12-10-9-11-17-34-29(33)16-14-23-13-15-27(32)21-28(23)24-18-25(30(3,4)5)20-26(19-24)31(6,7)8/h13,15,18-22,32H,9-12,14,16-17H2,1-8H3. The third-order valence-corrected chi connectivity index (χ3v) is 6.36. The van der Waals surface area contributed by atoms with Crippen LogP contribution in [0.1, 0.15) is 104 Å². The van der Waals surface area contributed by atoms with E-state index in [1.54, 1.807) is 6.07 Å². The zero-order chi connectivity index (χ0) is 25.5. The van der Waals surface area contributed by atoms with Crippen molar-refractivity contribution in [3.8, 4) is 16.9 Å². The van der Waals surface area contributed by atoms with Gasteiger partial charge in [-0.2, -0.15) is 0 Å². The molecule has 0 fully saturated rings. The number of hydrogen-bond donors (Lipinski definition) is 1. The Labute approximate surface area is 207 Å². The number of esters is 1. The van der Waals surface area contributed by atoms with Gasteiger partial charge in [0.15, 0.2) is 0 Å². The summed E-state index contributed by atoms with van der Waals surface area (Å²) in [7, 11) is 0. The molecule has 0 aliphatic rings. The maximum atomic E-state index is 12.4. The van der Waals surface area contributed by atoms with Gasteiger partial charge < -0.3 is 9.84 Å². The molecule has 2 rings (SSSR count). The molecule has 0 radical (unpaired) electrons. The molecule has 34 heavy (non-hydrogen) atoms. The van der Waals surface area contributed by atoms with Crippen molar-refractivity contribution in [1.82, 2.24) is 0 Å². The molecule has 0 saturated carbocycles. The van der Waals surface area contributed by atoms with Gasteiger partial charge in [-0.1, -0.05) is 98.9 Å². The lowest BCUT2D eigenvalue weighted by Gasteiger charge is -2.26. The van der Waals surface area contributed by atoms with Crippen LogP contribution in [0.25, 0.3) is 11.1 Å². The molecule has 0 heterocycles. The predicted molar refractivity (Wildman–Crippen MR) is 144 cm³/mol. The molecule has 0 aliphatic carbocycles. The van der Waals surface area contributed by atoms with E-state index < -0.39 is 0 Å². The number of unbranched alkanes of at least 4 members (excludes halogenated alkanes) is 2. The molecule has 188 valence electrons. The molecule has 3 nitrogen and oxygen atoms in total. The summed E-state index contributed by atoms with van der Waals surface area (Å²) in [6, 6.07) is 12.2. The number of carbonyl (C=O) groups is 1. The van der Waals surface area contributed by atoms with Gasteiger partial charge in [0.2, 0.25) is 0 Å². The van der Waals surface area contributed by atoms with E-state index in [1.165, 1.54) is 24.0 Å². The van der Waals surface area contributed by atoms with E-state index in [2.05, 4.69) is 73.6 Å². The molecular weight excluding hydrogens is 420 g/mol. The highest BCUT2D eigenvalue weighted by atomic mass is 16.5. The Bertz CT molecular complexity index is 910. The molecule has 2 aromatic rings. The minimum atomic E-state index is -0.151. The second kappa shape index (κ2) is 11.9. The summed E-state index contributed by atoms with van der Waals surface area (Å²) < 4.78 is 5.48. The summed E-state index contributed by atoms with van der Waals surface area (Å²) in [6.07, 6.45) is 5.38. The molecule has 1 N–H and O–H groups in total. The summed E-state index contributed by atoms with van der Waals surface area (Å²) in [5.41, 5.74) is 5.66. The van der Waals surface area contributed by atoms with E-state index in [0.29, 0.717) is 19.4 Å². The Morgan fingerprint density at radius 2 is 1.50 bits per heavy atom.